The second kappa shape index (κ2) is 11.3. The average Bonchev–Trinajstić information content (AvgIpc) is 2.88. The van der Waals surface area contributed by atoms with Crippen LogP contribution >= 0.6 is 0 Å². The number of sulfonamides is 1. The molecule has 2 aliphatic heterocycles. The minimum absolute atomic E-state index is 0.0859. The third-order valence-corrected chi connectivity index (χ3v) is 8.12. The van der Waals surface area contributed by atoms with Gasteiger partial charge in [0.2, 0.25) is 10.0 Å². The maximum absolute atomic E-state index is 14.3. The summed E-state index contributed by atoms with van der Waals surface area (Å²) < 4.78 is 46.5. The van der Waals surface area contributed by atoms with Crippen LogP contribution in [0.1, 0.15) is 16.8 Å². The van der Waals surface area contributed by atoms with Gasteiger partial charge in [0.05, 0.1) is 23.7 Å². The van der Waals surface area contributed by atoms with Crippen molar-refractivity contribution in [3.8, 4) is 0 Å². The van der Waals surface area contributed by atoms with Crippen molar-refractivity contribution < 1.29 is 22.3 Å². The lowest BCUT2D eigenvalue weighted by Gasteiger charge is -2.36. The fraction of sp³-hybridized carbons (Fsp3) is 0.458. The molecule has 0 spiro atoms. The topological polar surface area (TPSA) is 82.2 Å². The Morgan fingerprint density at radius 2 is 1.68 bits per heavy atom. The zero-order valence-electron chi connectivity index (χ0n) is 19.2. The minimum Gasteiger partial charge on any atom is -0.379 e. The summed E-state index contributed by atoms with van der Waals surface area (Å²) in [5, 5.41) is 2.73. The third kappa shape index (κ3) is 5.93. The van der Waals surface area contributed by atoms with Crippen molar-refractivity contribution in [3.05, 3.63) is 59.9 Å². The van der Waals surface area contributed by atoms with E-state index >= 15 is 0 Å². The number of hydrogen-bond acceptors (Lipinski definition) is 6. The van der Waals surface area contributed by atoms with Crippen LogP contribution in [0.2, 0.25) is 0 Å². The second-order valence-corrected chi connectivity index (χ2v) is 10.4. The van der Waals surface area contributed by atoms with Crippen LogP contribution in [0.5, 0.6) is 0 Å². The largest absolute Gasteiger partial charge is 0.379 e. The number of para-hydroxylation sites is 1. The number of anilines is 1. The lowest BCUT2D eigenvalue weighted by molar-refractivity contribution is 0.0730. The molecule has 0 aliphatic carbocycles. The van der Waals surface area contributed by atoms with Gasteiger partial charge >= 0.3 is 0 Å². The summed E-state index contributed by atoms with van der Waals surface area (Å²) in [6.07, 6.45) is 0.727. The fourth-order valence-electron chi connectivity index (χ4n) is 4.24. The van der Waals surface area contributed by atoms with Gasteiger partial charge in [0.25, 0.3) is 5.91 Å². The van der Waals surface area contributed by atoms with Crippen molar-refractivity contribution in [2.24, 2.45) is 0 Å². The lowest BCUT2D eigenvalue weighted by Crippen LogP contribution is -2.47. The molecule has 1 N–H and O–H groups in total. The molecule has 2 heterocycles. The molecule has 2 fully saturated rings. The van der Waals surface area contributed by atoms with Crippen LogP contribution in [-0.4, -0.2) is 89.1 Å². The number of nitrogens with one attached hydrogen (secondary N) is 1. The molecule has 0 saturated carbocycles. The van der Waals surface area contributed by atoms with Crippen LogP contribution in [0, 0.1) is 5.82 Å². The van der Waals surface area contributed by atoms with Crippen LogP contribution in [0.25, 0.3) is 0 Å². The molecule has 4 rings (SSSR count). The van der Waals surface area contributed by atoms with E-state index in [1.54, 1.807) is 0 Å². The summed E-state index contributed by atoms with van der Waals surface area (Å²) in [5.74, 6) is -1.35. The first-order chi connectivity index (χ1) is 16.4. The maximum Gasteiger partial charge on any atom is 0.254 e. The molecule has 2 saturated heterocycles. The second-order valence-electron chi connectivity index (χ2n) is 8.43. The summed E-state index contributed by atoms with van der Waals surface area (Å²) in [4.78, 5) is 17.2. The van der Waals surface area contributed by atoms with E-state index in [1.807, 2.05) is 18.2 Å². The summed E-state index contributed by atoms with van der Waals surface area (Å²) in [6.45, 7) is 6.11. The molecule has 0 radical (unpaired) electrons. The van der Waals surface area contributed by atoms with Gasteiger partial charge < -0.3 is 15.0 Å². The molecule has 0 bridgehead atoms. The van der Waals surface area contributed by atoms with Crippen molar-refractivity contribution in [1.29, 1.82) is 0 Å². The van der Waals surface area contributed by atoms with Crippen molar-refractivity contribution in [1.82, 2.24) is 14.5 Å². The van der Waals surface area contributed by atoms with E-state index in [4.69, 9.17) is 4.74 Å². The number of morpholine rings is 1. The molecular weight excluding hydrogens is 459 g/mol. The number of rotatable bonds is 8. The van der Waals surface area contributed by atoms with Crippen LogP contribution in [-0.2, 0) is 14.8 Å². The number of amides is 1. The van der Waals surface area contributed by atoms with Gasteiger partial charge in [-0.1, -0.05) is 18.2 Å². The van der Waals surface area contributed by atoms with E-state index in [2.05, 4.69) is 27.2 Å². The summed E-state index contributed by atoms with van der Waals surface area (Å²) in [5.41, 5.74) is 0.972. The Kier molecular flexibility index (Phi) is 8.15. The molecule has 184 valence electrons. The molecule has 2 aliphatic rings. The van der Waals surface area contributed by atoms with Crippen LogP contribution < -0.4 is 10.2 Å². The molecule has 2 aromatic carbocycles. The first kappa shape index (κ1) is 24.6. The number of carbonyl (C=O) groups excluding carboxylic acids is 1. The van der Waals surface area contributed by atoms with E-state index in [0.717, 1.165) is 51.3 Å². The normalized spacial score (nSPS) is 18.1. The number of piperazine rings is 1. The summed E-state index contributed by atoms with van der Waals surface area (Å²) in [6, 6.07) is 13.7. The first-order valence-electron chi connectivity index (χ1n) is 11.6. The molecule has 10 heteroatoms. The van der Waals surface area contributed by atoms with Gasteiger partial charge in [0, 0.05) is 51.5 Å². The van der Waals surface area contributed by atoms with Gasteiger partial charge in [0.15, 0.2) is 0 Å². The molecule has 2 aromatic rings. The monoisotopic (exact) mass is 490 g/mol. The Bertz CT molecular complexity index is 1070. The maximum atomic E-state index is 14.3. The number of ether oxygens (including phenoxy) is 1. The number of halogens is 1. The number of benzene rings is 2. The van der Waals surface area contributed by atoms with E-state index in [0.29, 0.717) is 19.8 Å². The highest BCUT2D eigenvalue weighted by molar-refractivity contribution is 7.89. The van der Waals surface area contributed by atoms with Crippen molar-refractivity contribution in [2.45, 2.75) is 11.3 Å². The Hall–Kier alpha value is -2.53. The molecule has 1 amide bonds. The van der Waals surface area contributed by atoms with Crippen LogP contribution in [0.4, 0.5) is 10.1 Å². The Morgan fingerprint density at radius 1 is 0.971 bits per heavy atom. The van der Waals surface area contributed by atoms with Crippen molar-refractivity contribution in [2.75, 3.05) is 70.5 Å². The molecular formula is C24H31FN4O4S. The fourth-order valence-corrected chi connectivity index (χ4v) is 5.68. The Labute approximate surface area is 200 Å². The van der Waals surface area contributed by atoms with Crippen molar-refractivity contribution in [3.63, 3.8) is 0 Å². The molecule has 34 heavy (non-hydrogen) atoms. The number of nitrogens with zero attached hydrogens (tertiary/aromatic N) is 3. The van der Waals surface area contributed by atoms with Gasteiger partial charge in [-0.25, -0.2) is 12.8 Å². The smallest absolute Gasteiger partial charge is 0.254 e. The molecule has 0 unspecified atom stereocenters. The third-order valence-electron chi connectivity index (χ3n) is 6.22. The molecule has 0 atom stereocenters. The molecule has 0 aromatic heterocycles. The van der Waals surface area contributed by atoms with Gasteiger partial charge in [-0.2, -0.15) is 4.31 Å². The van der Waals surface area contributed by atoms with E-state index < -0.39 is 21.7 Å². The lowest BCUT2D eigenvalue weighted by atomic mass is 10.2. The zero-order valence-corrected chi connectivity index (χ0v) is 20.0. The van der Waals surface area contributed by atoms with Gasteiger partial charge in [-0.05, 0) is 43.3 Å². The zero-order chi connectivity index (χ0) is 24.0. The highest BCUT2D eigenvalue weighted by Crippen LogP contribution is 2.20. The number of carbonyl (C=O) groups is 1. The van der Waals surface area contributed by atoms with E-state index in [9.17, 15) is 17.6 Å². The predicted molar refractivity (Wildman–Crippen MR) is 128 cm³/mol. The summed E-state index contributed by atoms with van der Waals surface area (Å²) in [7, 11) is -3.80. The van der Waals surface area contributed by atoms with Gasteiger partial charge in [-0.15, -0.1) is 0 Å². The van der Waals surface area contributed by atoms with Gasteiger partial charge in [-0.3, -0.25) is 9.69 Å². The van der Waals surface area contributed by atoms with Crippen molar-refractivity contribution >= 4 is 21.6 Å². The van der Waals surface area contributed by atoms with E-state index in [1.165, 1.54) is 16.1 Å². The van der Waals surface area contributed by atoms with Crippen LogP contribution in [0.15, 0.2) is 53.4 Å². The van der Waals surface area contributed by atoms with Gasteiger partial charge in [0.1, 0.15) is 5.82 Å². The quantitative estimate of drug-likeness (QED) is 0.569. The highest BCUT2D eigenvalue weighted by Gasteiger charge is 2.28. The highest BCUT2D eigenvalue weighted by atomic mass is 32.2. The summed E-state index contributed by atoms with van der Waals surface area (Å²) >= 11 is 0. The minimum atomic E-state index is -3.80. The SMILES string of the molecule is O=C(NCCCN1CCN(c2ccccc2)CC1)c1cc(S(=O)(=O)N2CCOCC2)ccc1F. The average molecular weight is 491 g/mol. The Balaban J connectivity index is 1.25. The van der Waals surface area contributed by atoms with Crippen LogP contribution in [0.3, 0.4) is 0 Å². The molecule has 8 nitrogen and oxygen atoms in total. The predicted octanol–water partition coefficient (Wildman–Crippen LogP) is 1.79. The number of hydrogen-bond donors (Lipinski definition) is 1. The standard InChI is InChI=1S/C24H31FN4O4S/c25-23-8-7-21(34(31,32)29-15-17-33-18-16-29)19-22(23)24(30)26-9-4-10-27-11-13-28(14-12-27)20-5-2-1-3-6-20/h1-3,5-8,19H,4,9-18H2,(H,26,30). The first-order valence-corrected chi connectivity index (χ1v) is 13.1. The van der Waals surface area contributed by atoms with E-state index in [-0.39, 0.29) is 23.5 Å². The Morgan fingerprint density at radius 3 is 2.38 bits per heavy atom.